The maximum absolute atomic E-state index is 11.7. The fourth-order valence-electron chi connectivity index (χ4n) is 3.68. The van der Waals surface area contributed by atoms with Crippen molar-refractivity contribution in [1.82, 2.24) is 0 Å². The fraction of sp³-hybridized carbons (Fsp3) is 0. The SMILES string of the molecule is O=[N+]([O-])c1cccc2c1-c1ccccc1Oc1ccc3ccccc3c1-2. The lowest BCUT2D eigenvalue weighted by Gasteiger charge is -2.12. The van der Waals surface area contributed by atoms with Crippen LogP contribution in [0, 0.1) is 10.1 Å². The van der Waals surface area contributed by atoms with Gasteiger partial charge in [0.25, 0.3) is 5.69 Å². The summed E-state index contributed by atoms with van der Waals surface area (Å²) in [5.41, 5.74) is 3.12. The predicted octanol–water partition coefficient (Wildman–Crippen LogP) is 6.19. The lowest BCUT2D eigenvalue weighted by atomic mass is 9.90. The first-order valence-electron chi connectivity index (χ1n) is 8.31. The van der Waals surface area contributed by atoms with Gasteiger partial charge in [0.2, 0.25) is 0 Å². The summed E-state index contributed by atoms with van der Waals surface area (Å²) in [7, 11) is 0. The Kier molecular flexibility index (Phi) is 3.06. The monoisotopic (exact) mass is 339 g/mol. The molecule has 0 bridgehead atoms. The van der Waals surface area contributed by atoms with Crippen LogP contribution in [0.5, 0.6) is 11.5 Å². The number of nitro benzene ring substituents is 1. The van der Waals surface area contributed by atoms with Crippen molar-refractivity contribution in [3.63, 3.8) is 0 Å². The summed E-state index contributed by atoms with van der Waals surface area (Å²) in [6.45, 7) is 0. The Balaban J connectivity index is 2.00. The highest BCUT2D eigenvalue weighted by Gasteiger charge is 2.28. The van der Waals surface area contributed by atoms with E-state index in [1.165, 1.54) is 0 Å². The first-order valence-corrected chi connectivity index (χ1v) is 8.31. The van der Waals surface area contributed by atoms with Gasteiger partial charge in [-0.25, -0.2) is 0 Å². The molecule has 0 aromatic heterocycles. The third-order valence-electron chi connectivity index (χ3n) is 4.78. The Bertz CT molecular complexity index is 1200. The van der Waals surface area contributed by atoms with Gasteiger partial charge in [0.05, 0.1) is 10.5 Å². The van der Waals surface area contributed by atoms with Gasteiger partial charge in [-0.2, -0.15) is 0 Å². The molecule has 0 unspecified atom stereocenters. The van der Waals surface area contributed by atoms with Gasteiger partial charge >= 0.3 is 0 Å². The van der Waals surface area contributed by atoms with Crippen molar-refractivity contribution in [1.29, 1.82) is 0 Å². The van der Waals surface area contributed by atoms with Gasteiger partial charge in [-0.05, 0) is 22.9 Å². The topological polar surface area (TPSA) is 52.4 Å². The molecule has 0 aliphatic carbocycles. The molecule has 4 heteroatoms. The zero-order valence-electron chi connectivity index (χ0n) is 13.7. The van der Waals surface area contributed by atoms with Crippen molar-refractivity contribution in [3.8, 4) is 33.8 Å². The standard InChI is InChI=1S/C22H13NO3/c24-23(25)18-10-5-9-17-21(18)16-8-3-4-11-19(16)26-20-13-12-14-6-1-2-7-15(14)22(17)20/h1-13H. The smallest absolute Gasteiger partial charge is 0.277 e. The second kappa shape index (κ2) is 5.43. The number of fused-ring (bicyclic) bond motifs is 7. The summed E-state index contributed by atoms with van der Waals surface area (Å²) in [6, 6.07) is 24.6. The third-order valence-corrected chi connectivity index (χ3v) is 4.78. The van der Waals surface area contributed by atoms with E-state index in [4.69, 9.17) is 4.74 Å². The van der Waals surface area contributed by atoms with Crippen LogP contribution in [0.2, 0.25) is 0 Å². The molecule has 5 rings (SSSR count). The highest BCUT2D eigenvalue weighted by molar-refractivity contribution is 6.06. The minimum absolute atomic E-state index is 0.0827. The van der Waals surface area contributed by atoms with E-state index in [-0.39, 0.29) is 10.6 Å². The molecule has 26 heavy (non-hydrogen) atoms. The van der Waals surface area contributed by atoms with Gasteiger partial charge in [0.1, 0.15) is 11.5 Å². The van der Waals surface area contributed by atoms with Crippen LogP contribution in [-0.2, 0) is 0 Å². The molecule has 0 radical (unpaired) electrons. The van der Waals surface area contributed by atoms with Crippen molar-refractivity contribution in [2.45, 2.75) is 0 Å². The number of para-hydroxylation sites is 1. The number of nitrogens with zero attached hydrogens (tertiary/aromatic N) is 1. The molecule has 1 aliphatic rings. The van der Waals surface area contributed by atoms with Crippen molar-refractivity contribution in [2.75, 3.05) is 0 Å². The first-order chi connectivity index (χ1) is 12.7. The molecule has 0 N–H and O–H groups in total. The number of rotatable bonds is 1. The average Bonchev–Trinajstić information content (AvgIpc) is 2.82. The van der Waals surface area contributed by atoms with Gasteiger partial charge in [0, 0.05) is 22.8 Å². The van der Waals surface area contributed by atoms with Crippen LogP contribution < -0.4 is 4.74 Å². The summed E-state index contributed by atoms with van der Waals surface area (Å²) in [5, 5.41) is 13.8. The predicted molar refractivity (Wildman–Crippen MR) is 102 cm³/mol. The molecule has 0 saturated carbocycles. The van der Waals surface area contributed by atoms with E-state index >= 15 is 0 Å². The number of hydrogen-bond acceptors (Lipinski definition) is 3. The number of ether oxygens (including phenoxy) is 1. The lowest BCUT2D eigenvalue weighted by molar-refractivity contribution is -0.384. The molecule has 4 aromatic carbocycles. The van der Waals surface area contributed by atoms with Crippen molar-refractivity contribution < 1.29 is 9.66 Å². The summed E-state index contributed by atoms with van der Waals surface area (Å²) in [6.07, 6.45) is 0. The van der Waals surface area contributed by atoms with Crippen LogP contribution in [0.1, 0.15) is 0 Å². The number of hydrogen-bond donors (Lipinski definition) is 0. The Hall–Kier alpha value is -3.66. The molecule has 0 atom stereocenters. The Labute approximate surface area is 149 Å². The average molecular weight is 339 g/mol. The normalized spacial score (nSPS) is 11.7. The van der Waals surface area contributed by atoms with Crippen molar-refractivity contribution in [2.24, 2.45) is 0 Å². The molecule has 1 aliphatic heterocycles. The highest BCUT2D eigenvalue weighted by Crippen LogP contribution is 2.51. The maximum atomic E-state index is 11.7. The second-order valence-electron chi connectivity index (χ2n) is 6.21. The third kappa shape index (κ3) is 2.02. The molecule has 0 spiro atoms. The quantitative estimate of drug-likeness (QED) is 0.270. The van der Waals surface area contributed by atoms with E-state index in [1.54, 1.807) is 12.1 Å². The van der Waals surface area contributed by atoms with Gasteiger partial charge in [0.15, 0.2) is 0 Å². The lowest BCUT2D eigenvalue weighted by Crippen LogP contribution is -1.94. The molecule has 0 fully saturated rings. The van der Waals surface area contributed by atoms with Crippen molar-refractivity contribution >= 4 is 16.5 Å². The zero-order valence-corrected chi connectivity index (χ0v) is 13.7. The van der Waals surface area contributed by atoms with E-state index in [9.17, 15) is 10.1 Å². The zero-order chi connectivity index (χ0) is 17.7. The minimum atomic E-state index is -0.328. The van der Waals surface area contributed by atoms with Crippen LogP contribution in [-0.4, -0.2) is 4.92 Å². The molecular formula is C22H13NO3. The molecular weight excluding hydrogens is 326 g/mol. The Morgan fingerprint density at radius 2 is 1.46 bits per heavy atom. The van der Waals surface area contributed by atoms with Crippen LogP contribution in [0.25, 0.3) is 33.0 Å². The van der Waals surface area contributed by atoms with E-state index in [1.807, 2.05) is 66.7 Å². The molecule has 1 heterocycles. The van der Waals surface area contributed by atoms with Crippen LogP contribution in [0.15, 0.2) is 78.9 Å². The number of nitro groups is 1. The molecule has 4 aromatic rings. The second-order valence-corrected chi connectivity index (χ2v) is 6.21. The van der Waals surface area contributed by atoms with Crippen molar-refractivity contribution in [3.05, 3.63) is 89.0 Å². The Morgan fingerprint density at radius 3 is 2.35 bits per heavy atom. The fourth-order valence-corrected chi connectivity index (χ4v) is 3.68. The van der Waals surface area contributed by atoms with Gasteiger partial charge in [-0.15, -0.1) is 0 Å². The molecule has 0 amide bonds. The molecule has 0 saturated heterocycles. The maximum Gasteiger partial charge on any atom is 0.277 e. The summed E-state index contributed by atoms with van der Waals surface area (Å²) in [5.74, 6) is 1.33. The summed E-state index contributed by atoms with van der Waals surface area (Å²) < 4.78 is 6.21. The van der Waals surface area contributed by atoms with Gasteiger partial charge in [-0.3, -0.25) is 10.1 Å². The van der Waals surface area contributed by atoms with Gasteiger partial charge < -0.3 is 4.74 Å². The van der Waals surface area contributed by atoms with Gasteiger partial charge in [-0.1, -0.05) is 60.7 Å². The minimum Gasteiger partial charge on any atom is -0.456 e. The van der Waals surface area contributed by atoms with E-state index in [2.05, 4.69) is 0 Å². The molecule has 4 nitrogen and oxygen atoms in total. The molecule has 124 valence electrons. The van der Waals surface area contributed by atoms with Crippen LogP contribution in [0.3, 0.4) is 0 Å². The van der Waals surface area contributed by atoms with E-state index in [0.29, 0.717) is 17.1 Å². The summed E-state index contributed by atoms with van der Waals surface area (Å²) in [4.78, 5) is 11.4. The van der Waals surface area contributed by atoms with Crippen LogP contribution >= 0.6 is 0 Å². The first kappa shape index (κ1) is 14.7. The largest absolute Gasteiger partial charge is 0.456 e. The summed E-state index contributed by atoms with van der Waals surface area (Å²) >= 11 is 0. The van der Waals surface area contributed by atoms with E-state index < -0.39 is 0 Å². The highest BCUT2D eigenvalue weighted by atomic mass is 16.6. The number of benzene rings is 4. The Morgan fingerprint density at radius 1 is 0.692 bits per heavy atom. The van der Waals surface area contributed by atoms with E-state index in [0.717, 1.165) is 27.5 Å². The van der Waals surface area contributed by atoms with Crippen LogP contribution in [0.4, 0.5) is 5.69 Å².